The van der Waals surface area contributed by atoms with E-state index < -0.39 is 0 Å². The van der Waals surface area contributed by atoms with E-state index >= 15 is 0 Å². The summed E-state index contributed by atoms with van der Waals surface area (Å²) in [5.41, 5.74) is 8.51. The van der Waals surface area contributed by atoms with Crippen molar-refractivity contribution < 1.29 is 0 Å². The summed E-state index contributed by atoms with van der Waals surface area (Å²) in [7, 11) is 0. The predicted octanol–water partition coefficient (Wildman–Crippen LogP) is 16.7. The molecule has 0 aliphatic rings. The minimum atomic E-state index is 1.14. The summed E-state index contributed by atoms with van der Waals surface area (Å²) in [6.07, 6.45) is 0. The predicted molar refractivity (Wildman–Crippen MR) is 250 cm³/mol. The van der Waals surface area contributed by atoms with E-state index in [1.54, 1.807) is 0 Å². The number of rotatable bonds is 5. The van der Waals surface area contributed by atoms with Crippen molar-refractivity contribution >= 4 is 112 Å². The summed E-state index contributed by atoms with van der Waals surface area (Å²) < 4.78 is 5.27. The molecule has 0 bridgehead atoms. The van der Waals surface area contributed by atoms with E-state index in [2.05, 4.69) is 205 Å². The van der Waals surface area contributed by atoms with Crippen LogP contribution in [0.2, 0.25) is 0 Å². The van der Waals surface area contributed by atoms with Gasteiger partial charge < -0.3 is 4.90 Å². The number of hydrogen-bond donors (Lipinski definition) is 0. The molecule has 0 saturated heterocycles. The van der Waals surface area contributed by atoms with Gasteiger partial charge in [0, 0.05) is 68.4 Å². The first-order chi connectivity index (χ1) is 28.2. The standard InChI is InChI=1S/C54H33NS2/c1-2-14-36(15-3-1)42-27-28-45(54-52(42)46-20-10-11-21-50(46)57-54)47-33-49-48-32-41(26-29-51(48)56-53(49)44-19-9-8-18-43(44)47)55(39-24-22-34-12-4-6-16-37(34)30-39)40-25-23-35-13-5-7-17-38(35)31-40/h1-33H. The van der Waals surface area contributed by atoms with Crippen LogP contribution < -0.4 is 4.90 Å². The van der Waals surface area contributed by atoms with Crippen LogP contribution >= 0.6 is 22.7 Å². The smallest absolute Gasteiger partial charge is 0.0468 e. The molecule has 0 fully saturated rings. The highest BCUT2D eigenvalue weighted by Crippen LogP contribution is 2.49. The Morgan fingerprint density at radius 2 is 0.842 bits per heavy atom. The van der Waals surface area contributed by atoms with E-state index in [-0.39, 0.29) is 0 Å². The average Bonchev–Trinajstić information content (AvgIpc) is 3.85. The van der Waals surface area contributed by atoms with E-state index in [1.165, 1.54) is 94.9 Å². The van der Waals surface area contributed by atoms with Crippen LogP contribution in [0.15, 0.2) is 200 Å². The third-order valence-electron chi connectivity index (χ3n) is 11.6. The van der Waals surface area contributed by atoms with Gasteiger partial charge in [0.1, 0.15) is 0 Å². The van der Waals surface area contributed by atoms with E-state index in [9.17, 15) is 0 Å². The maximum Gasteiger partial charge on any atom is 0.0468 e. The van der Waals surface area contributed by atoms with E-state index in [1.807, 2.05) is 22.7 Å². The maximum atomic E-state index is 2.48. The number of hydrogen-bond acceptors (Lipinski definition) is 3. The summed E-state index contributed by atoms with van der Waals surface area (Å²) >= 11 is 3.81. The van der Waals surface area contributed by atoms with Crippen LogP contribution in [0.4, 0.5) is 17.1 Å². The molecule has 0 radical (unpaired) electrons. The van der Waals surface area contributed by atoms with Crippen LogP contribution in [-0.2, 0) is 0 Å². The number of anilines is 3. The van der Waals surface area contributed by atoms with Gasteiger partial charge >= 0.3 is 0 Å². The molecule has 10 aromatic carbocycles. The molecule has 0 aliphatic carbocycles. The van der Waals surface area contributed by atoms with Crippen molar-refractivity contribution in [2.24, 2.45) is 0 Å². The van der Waals surface area contributed by atoms with Crippen molar-refractivity contribution in [2.45, 2.75) is 0 Å². The molecule has 0 amide bonds. The minimum Gasteiger partial charge on any atom is -0.310 e. The molecule has 0 saturated carbocycles. The second-order valence-corrected chi connectivity index (χ2v) is 17.0. The molecule has 0 aliphatic heterocycles. The van der Waals surface area contributed by atoms with Crippen LogP contribution in [0.3, 0.4) is 0 Å². The largest absolute Gasteiger partial charge is 0.310 e. The minimum absolute atomic E-state index is 1.14. The average molecular weight is 760 g/mol. The summed E-state index contributed by atoms with van der Waals surface area (Å²) in [5.74, 6) is 0. The molecule has 0 atom stereocenters. The fourth-order valence-corrected chi connectivity index (χ4v) is 11.4. The maximum absolute atomic E-state index is 2.48. The quantitative estimate of drug-likeness (QED) is 0.169. The van der Waals surface area contributed by atoms with Gasteiger partial charge in [0.15, 0.2) is 0 Å². The molecule has 57 heavy (non-hydrogen) atoms. The zero-order valence-electron chi connectivity index (χ0n) is 30.8. The summed E-state index contributed by atoms with van der Waals surface area (Å²) in [4.78, 5) is 2.42. The van der Waals surface area contributed by atoms with Gasteiger partial charge in [-0.1, -0.05) is 146 Å². The first kappa shape index (κ1) is 32.5. The normalized spacial score (nSPS) is 11.9. The lowest BCUT2D eigenvalue weighted by Gasteiger charge is -2.26. The third-order valence-corrected chi connectivity index (χ3v) is 14.0. The monoisotopic (exact) mass is 759 g/mol. The Labute approximate surface area is 337 Å². The van der Waals surface area contributed by atoms with Gasteiger partial charge in [-0.25, -0.2) is 0 Å². The van der Waals surface area contributed by atoms with Crippen LogP contribution in [0, 0.1) is 0 Å². The van der Waals surface area contributed by atoms with Crippen molar-refractivity contribution in [1.82, 2.24) is 0 Å². The highest BCUT2D eigenvalue weighted by Gasteiger charge is 2.21. The fraction of sp³-hybridized carbons (Fsp3) is 0. The number of fused-ring (bicyclic) bond motifs is 10. The lowest BCUT2D eigenvalue weighted by Crippen LogP contribution is -2.09. The van der Waals surface area contributed by atoms with Crippen molar-refractivity contribution in [3.8, 4) is 22.3 Å². The summed E-state index contributed by atoms with van der Waals surface area (Å²) in [6, 6.07) is 73.9. The highest BCUT2D eigenvalue weighted by atomic mass is 32.1. The number of benzene rings is 10. The number of nitrogens with zero attached hydrogens (tertiary/aromatic N) is 1. The molecule has 0 unspecified atom stereocenters. The molecule has 12 rings (SSSR count). The molecule has 266 valence electrons. The summed E-state index contributed by atoms with van der Waals surface area (Å²) in [5, 5.41) is 12.7. The molecule has 12 aromatic rings. The molecular formula is C54H33NS2. The topological polar surface area (TPSA) is 3.24 Å². The Bertz CT molecular complexity index is 3460. The Hall–Kier alpha value is -6.78. The molecule has 1 nitrogen and oxygen atoms in total. The Balaban J connectivity index is 1.11. The second-order valence-electron chi connectivity index (χ2n) is 14.9. The van der Waals surface area contributed by atoms with Crippen LogP contribution in [0.1, 0.15) is 0 Å². The highest BCUT2D eigenvalue weighted by molar-refractivity contribution is 7.27. The van der Waals surface area contributed by atoms with Crippen LogP contribution in [0.25, 0.3) is 94.9 Å². The second kappa shape index (κ2) is 12.9. The van der Waals surface area contributed by atoms with Crippen LogP contribution in [-0.4, -0.2) is 0 Å². The SMILES string of the molecule is c1ccc(-c2ccc(-c3cc4c5cc(N(c6ccc7ccccc7c6)c6ccc7ccccc7c6)ccc5sc4c4ccccc34)c3sc4ccccc4c23)cc1. The van der Waals surface area contributed by atoms with Gasteiger partial charge in [0.25, 0.3) is 0 Å². The van der Waals surface area contributed by atoms with Gasteiger partial charge in [-0.2, -0.15) is 0 Å². The Kier molecular flexibility index (Phi) is 7.34. The lowest BCUT2D eigenvalue weighted by molar-refractivity contribution is 1.30. The fourth-order valence-electron chi connectivity index (χ4n) is 8.93. The zero-order chi connectivity index (χ0) is 37.5. The zero-order valence-corrected chi connectivity index (χ0v) is 32.4. The van der Waals surface area contributed by atoms with Gasteiger partial charge in [0.05, 0.1) is 0 Å². The van der Waals surface area contributed by atoms with Gasteiger partial charge in [0.2, 0.25) is 0 Å². The van der Waals surface area contributed by atoms with Crippen molar-refractivity contribution in [3.63, 3.8) is 0 Å². The Morgan fingerprint density at radius 3 is 1.58 bits per heavy atom. The number of thiophene rings is 2. The van der Waals surface area contributed by atoms with E-state index in [4.69, 9.17) is 0 Å². The first-order valence-electron chi connectivity index (χ1n) is 19.4. The molecular weight excluding hydrogens is 727 g/mol. The molecule has 0 spiro atoms. The Morgan fingerprint density at radius 1 is 0.298 bits per heavy atom. The summed E-state index contributed by atoms with van der Waals surface area (Å²) in [6.45, 7) is 0. The van der Waals surface area contributed by atoms with Gasteiger partial charge in [-0.3, -0.25) is 0 Å². The van der Waals surface area contributed by atoms with E-state index in [0.29, 0.717) is 0 Å². The van der Waals surface area contributed by atoms with Crippen molar-refractivity contribution in [2.75, 3.05) is 4.90 Å². The molecule has 0 N–H and O–H groups in total. The van der Waals surface area contributed by atoms with Crippen molar-refractivity contribution in [3.05, 3.63) is 200 Å². The van der Waals surface area contributed by atoms with Crippen molar-refractivity contribution in [1.29, 1.82) is 0 Å². The molecule has 2 heterocycles. The van der Waals surface area contributed by atoms with E-state index in [0.717, 1.165) is 17.1 Å². The molecule has 2 aromatic heterocycles. The van der Waals surface area contributed by atoms with Gasteiger partial charge in [-0.05, 0) is 98.2 Å². The van der Waals surface area contributed by atoms with Gasteiger partial charge in [-0.15, -0.1) is 22.7 Å². The molecule has 3 heteroatoms. The third kappa shape index (κ3) is 5.20. The van der Waals surface area contributed by atoms with Crippen LogP contribution in [0.5, 0.6) is 0 Å². The first-order valence-corrected chi connectivity index (χ1v) is 21.0. The lowest BCUT2D eigenvalue weighted by atomic mass is 9.91.